The third-order valence-electron chi connectivity index (χ3n) is 5.10. The Balaban J connectivity index is 1.62. The summed E-state index contributed by atoms with van der Waals surface area (Å²) < 4.78 is 7.38. The number of nitrogens with zero attached hydrogens (tertiary/aromatic N) is 2. The summed E-state index contributed by atoms with van der Waals surface area (Å²) in [5.74, 6) is 0.863. The second-order valence-electron chi connectivity index (χ2n) is 6.83. The first-order chi connectivity index (χ1) is 13.6. The molecule has 0 fully saturated rings. The lowest BCUT2D eigenvalue weighted by Crippen LogP contribution is -2.33. The highest BCUT2D eigenvalue weighted by Crippen LogP contribution is 2.49. The fourth-order valence-corrected chi connectivity index (χ4v) is 4.49. The first-order valence-corrected chi connectivity index (χ1v) is 10.5. The molecule has 0 radical (unpaired) electrons. The van der Waals surface area contributed by atoms with Crippen LogP contribution in [-0.4, -0.2) is 10.7 Å². The number of halogens is 3. The Labute approximate surface area is 181 Å². The van der Waals surface area contributed by atoms with E-state index in [4.69, 9.17) is 33.0 Å². The van der Waals surface area contributed by atoms with Gasteiger partial charge in [-0.3, -0.25) is 0 Å². The second-order valence-corrected chi connectivity index (χ2v) is 8.59. The van der Waals surface area contributed by atoms with Crippen LogP contribution in [0.5, 0.6) is 5.75 Å². The molecule has 2 aliphatic heterocycles. The fraction of sp³-hybridized carbons (Fsp3) is 0.136. The Morgan fingerprint density at radius 1 is 0.964 bits per heavy atom. The van der Waals surface area contributed by atoms with Gasteiger partial charge in [0.1, 0.15) is 5.75 Å². The summed E-state index contributed by atoms with van der Waals surface area (Å²) in [7, 11) is 0. The molecule has 28 heavy (non-hydrogen) atoms. The predicted molar refractivity (Wildman–Crippen MR) is 116 cm³/mol. The molecular weight excluding hydrogens is 459 g/mol. The lowest BCUT2D eigenvalue weighted by atomic mass is 9.96. The molecule has 5 rings (SSSR count). The van der Waals surface area contributed by atoms with Gasteiger partial charge >= 0.3 is 0 Å². The van der Waals surface area contributed by atoms with Crippen LogP contribution in [0.4, 0.5) is 0 Å². The van der Waals surface area contributed by atoms with E-state index in [-0.39, 0.29) is 12.3 Å². The molecule has 0 bridgehead atoms. The number of hydrogen-bond donors (Lipinski definition) is 0. The van der Waals surface area contributed by atoms with Gasteiger partial charge in [-0.05, 0) is 42.0 Å². The molecule has 140 valence electrons. The van der Waals surface area contributed by atoms with Gasteiger partial charge in [0, 0.05) is 32.1 Å². The molecule has 0 aliphatic carbocycles. The second kappa shape index (κ2) is 7.11. The maximum absolute atomic E-state index is 6.49. The van der Waals surface area contributed by atoms with Gasteiger partial charge in [-0.15, -0.1) is 0 Å². The molecule has 3 aromatic rings. The third-order valence-corrected chi connectivity index (χ3v) is 6.19. The van der Waals surface area contributed by atoms with Crippen molar-refractivity contribution in [2.45, 2.75) is 18.7 Å². The SMILES string of the molecule is Clc1ccc(C2=NN3C(C2)c2cc(Br)ccc2OC3c2ccccc2Cl)cc1. The molecule has 2 aliphatic rings. The molecule has 6 heteroatoms. The van der Waals surface area contributed by atoms with E-state index in [1.807, 2.05) is 65.7 Å². The normalized spacial score (nSPS) is 20.2. The number of fused-ring (bicyclic) bond motifs is 3. The Hall–Kier alpha value is -2.01. The molecular formula is C22H15BrCl2N2O. The highest BCUT2D eigenvalue weighted by Gasteiger charge is 2.41. The van der Waals surface area contributed by atoms with E-state index in [0.29, 0.717) is 10.0 Å². The van der Waals surface area contributed by atoms with Gasteiger partial charge < -0.3 is 4.74 Å². The first-order valence-electron chi connectivity index (χ1n) is 8.92. The zero-order valence-electron chi connectivity index (χ0n) is 14.6. The van der Waals surface area contributed by atoms with E-state index in [1.165, 1.54) is 0 Å². The molecule has 3 aromatic carbocycles. The molecule has 3 nitrogen and oxygen atoms in total. The van der Waals surface area contributed by atoms with Crippen LogP contribution in [0, 0.1) is 0 Å². The van der Waals surface area contributed by atoms with Gasteiger partial charge in [0.2, 0.25) is 6.23 Å². The van der Waals surface area contributed by atoms with Crippen molar-refractivity contribution in [2.24, 2.45) is 5.10 Å². The monoisotopic (exact) mass is 472 g/mol. The van der Waals surface area contributed by atoms with Crippen molar-refractivity contribution in [3.63, 3.8) is 0 Å². The van der Waals surface area contributed by atoms with Crippen molar-refractivity contribution in [2.75, 3.05) is 0 Å². The minimum Gasteiger partial charge on any atom is -0.464 e. The zero-order valence-corrected chi connectivity index (χ0v) is 17.7. The van der Waals surface area contributed by atoms with Gasteiger partial charge in [-0.2, -0.15) is 5.10 Å². The quantitative estimate of drug-likeness (QED) is 0.400. The summed E-state index contributed by atoms with van der Waals surface area (Å²) in [6, 6.07) is 21.7. The molecule has 0 amide bonds. The Bertz CT molecular complexity index is 1080. The fourth-order valence-electron chi connectivity index (χ4n) is 3.76. The van der Waals surface area contributed by atoms with Crippen LogP contribution in [0.25, 0.3) is 0 Å². The number of hydrazone groups is 1. The summed E-state index contributed by atoms with van der Waals surface area (Å²) in [4.78, 5) is 0. The number of benzene rings is 3. The number of rotatable bonds is 2. The summed E-state index contributed by atoms with van der Waals surface area (Å²) in [5.41, 5.74) is 4.10. The van der Waals surface area contributed by atoms with Crippen molar-refractivity contribution in [3.8, 4) is 5.75 Å². The van der Waals surface area contributed by atoms with E-state index in [0.717, 1.165) is 39.0 Å². The topological polar surface area (TPSA) is 24.8 Å². The Kier molecular flexibility index (Phi) is 4.58. The van der Waals surface area contributed by atoms with Crippen molar-refractivity contribution in [1.29, 1.82) is 0 Å². The van der Waals surface area contributed by atoms with Crippen LogP contribution in [0.1, 0.15) is 35.4 Å². The molecule has 0 spiro atoms. The van der Waals surface area contributed by atoms with Crippen LogP contribution in [0.2, 0.25) is 10.0 Å². The average Bonchev–Trinajstić information content (AvgIpc) is 3.14. The van der Waals surface area contributed by atoms with E-state index < -0.39 is 0 Å². The van der Waals surface area contributed by atoms with Gasteiger partial charge in [0.15, 0.2) is 0 Å². The van der Waals surface area contributed by atoms with Crippen molar-refractivity contribution >= 4 is 44.8 Å². The molecule has 2 atom stereocenters. The summed E-state index contributed by atoms with van der Waals surface area (Å²) in [5, 5.41) is 8.36. The predicted octanol–water partition coefficient (Wildman–Crippen LogP) is 7.00. The summed E-state index contributed by atoms with van der Waals surface area (Å²) in [6.07, 6.45) is 0.409. The summed E-state index contributed by atoms with van der Waals surface area (Å²) in [6.45, 7) is 0. The number of ether oxygens (including phenoxy) is 1. The standard InChI is InChI=1S/C22H15BrCl2N2O/c23-14-7-10-21-17(11-14)20-12-19(13-5-8-15(24)9-6-13)26-27(20)22(28-21)16-3-1-2-4-18(16)25/h1-11,20,22H,12H2. The molecule has 0 aromatic heterocycles. The highest BCUT2D eigenvalue weighted by molar-refractivity contribution is 9.10. The van der Waals surface area contributed by atoms with Gasteiger partial charge in [-0.25, -0.2) is 5.01 Å². The number of hydrogen-bond acceptors (Lipinski definition) is 3. The molecule has 2 heterocycles. The third kappa shape index (κ3) is 3.10. The van der Waals surface area contributed by atoms with Crippen LogP contribution in [0.15, 0.2) is 76.3 Å². The molecule has 0 N–H and O–H groups in total. The average molecular weight is 474 g/mol. The largest absolute Gasteiger partial charge is 0.464 e. The van der Waals surface area contributed by atoms with Gasteiger partial charge in [-0.1, -0.05) is 69.5 Å². The van der Waals surface area contributed by atoms with Gasteiger partial charge in [0.25, 0.3) is 0 Å². The zero-order chi connectivity index (χ0) is 19.3. The van der Waals surface area contributed by atoms with E-state index in [9.17, 15) is 0 Å². The van der Waals surface area contributed by atoms with E-state index in [2.05, 4.69) is 22.0 Å². The van der Waals surface area contributed by atoms with E-state index >= 15 is 0 Å². The van der Waals surface area contributed by atoms with Crippen LogP contribution >= 0.6 is 39.1 Å². The lowest BCUT2D eigenvalue weighted by molar-refractivity contribution is -0.0190. The van der Waals surface area contributed by atoms with Crippen molar-refractivity contribution in [1.82, 2.24) is 5.01 Å². The van der Waals surface area contributed by atoms with Crippen LogP contribution in [-0.2, 0) is 0 Å². The first kappa shape index (κ1) is 18.0. The smallest absolute Gasteiger partial charge is 0.215 e. The maximum atomic E-state index is 6.49. The van der Waals surface area contributed by atoms with Crippen LogP contribution < -0.4 is 4.74 Å². The molecule has 0 saturated carbocycles. The minimum atomic E-state index is -0.378. The van der Waals surface area contributed by atoms with Crippen LogP contribution in [0.3, 0.4) is 0 Å². The lowest BCUT2D eigenvalue weighted by Gasteiger charge is -2.38. The van der Waals surface area contributed by atoms with Crippen molar-refractivity contribution < 1.29 is 4.74 Å². The minimum absolute atomic E-state index is 0.0770. The Morgan fingerprint density at radius 3 is 2.54 bits per heavy atom. The molecule has 2 unspecified atom stereocenters. The maximum Gasteiger partial charge on any atom is 0.215 e. The Morgan fingerprint density at radius 2 is 1.75 bits per heavy atom. The van der Waals surface area contributed by atoms with Crippen molar-refractivity contribution in [3.05, 3.63) is 97.9 Å². The van der Waals surface area contributed by atoms with Gasteiger partial charge in [0.05, 0.1) is 11.8 Å². The van der Waals surface area contributed by atoms with E-state index in [1.54, 1.807) is 0 Å². The highest BCUT2D eigenvalue weighted by atomic mass is 79.9. The summed E-state index contributed by atoms with van der Waals surface area (Å²) >= 11 is 16.1. The molecule has 0 saturated heterocycles.